The molecule has 0 heterocycles. The lowest BCUT2D eigenvalue weighted by molar-refractivity contribution is -0.385. The highest BCUT2D eigenvalue weighted by Crippen LogP contribution is 2.29. The number of nitrogen functional groups attached to an aromatic ring is 1. The van der Waals surface area contributed by atoms with E-state index in [1.54, 1.807) is 0 Å². The van der Waals surface area contributed by atoms with Crippen LogP contribution in [-0.4, -0.2) is 11.3 Å². The first-order valence-corrected chi connectivity index (χ1v) is 3.83. The van der Waals surface area contributed by atoms with E-state index in [9.17, 15) is 23.3 Å². The number of nitro benzene ring substituents is 1. The summed E-state index contributed by atoms with van der Waals surface area (Å²) in [5.41, 5.74) is 1.37. The van der Waals surface area contributed by atoms with Crippen molar-refractivity contribution < 1.29 is 22.8 Å². The van der Waals surface area contributed by atoms with E-state index in [0.717, 1.165) is 12.1 Å². The predicted molar refractivity (Wildman–Crippen MR) is 54.8 cm³/mol. The van der Waals surface area contributed by atoms with Crippen molar-refractivity contribution >= 4 is 23.8 Å². The molecule has 0 bridgehead atoms. The molecule has 96 valence electrons. The molecule has 6 nitrogen and oxygen atoms in total. The number of non-ortho nitro benzene ring substituents is 1. The van der Waals surface area contributed by atoms with Gasteiger partial charge in [0, 0.05) is 12.1 Å². The van der Waals surface area contributed by atoms with Gasteiger partial charge in [-0.1, -0.05) is 0 Å². The van der Waals surface area contributed by atoms with Crippen molar-refractivity contribution in [1.29, 1.82) is 0 Å². The fourth-order valence-electron chi connectivity index (χ4n) is 0.965. The van der Waals surface area contributed by atoms with Crippen LogP contribution >= 0.6 is 12.4 Å². The molecule has 1 aromatic rings. The van der Waals surface area contributed by atoms with Crippen molar-refractivity contribution in [2.24, 2.45) is 5.84 Å². The summed E-state index contributed by atoms with van der Waals surface area (Å²) in [7, 11) is 0. The lowest BCUT2D eigenvalue weighted by Gasteiger charge is -2.09. The van der Waals surface area contributed by atoms with E-state index in [1.165, 1.54) is 0 Å². The Labute approximate surface area is 99.1 Å². The van der Waals surface area contributed by atoms with E-state index < -0.39 is 22.7 Å². The maximum atomic E-state index is 11.9. The van der Waals surface area contributed by atoms with Crippen LogP contribution in [0.15, 0.2) is 18.2 Å². The lowest BCUT2D eigenvalue weighted by atomic mass is 10.2. The quantitative estimate of drug-likeness (QED) is 0.500. The van der Waals surface area contributed by atoms with Crippen LogP contribution in [0.3, 0.4) is 0 Å². The van der Waals surface area contributed by atoms with Gasteiger partial charge >= 0.3 is 6.36 Å². The molecule has 3 N–H and O–H groups in total. The second kappa shape index (κ2) is 5.55. The van der Waals surface area contributed by atoms with Gasteiger partial charge in [0.1, 0.15) is 5.75 Å². The maximum absolute atomic E-state index is 11.9. The van der Waals surface area contributed by atoms with Crippen LogP contribution in [0.4, 0.5) is 24.5 Å². The number of nitro groups is 1. The number of nitrogens with zero attached hydrogens (tertiary/aromatic N) is 1. The van der Waals surface area contributed by atoms with Crippen molar-refractivity contribution in [2.75, 3.05) is 5.43 Å². The van der Waals surface area contributed by atoms with Gasteiger partial charge in [0.2, 0.25) is 0 Å². The van der Waals surface area contributed by atoms with Crippen LogP contribution in [0, 0.1) is 10.1 Å². The molecule has 0 saturated carbocycles. The number of nitrogens with two attached hydrogens (primary N) is 1. The molecule has 0 aromatic heterocycles. The van der Waals surface area contributed by atoms with Gasteiger partial charge in [-0.3, -0.25) is 16.0 Å². The van der Waals surface area contributed by atoms with Crippen molar-refractivity contribution in [2.45, 2.75) is 6.36 Å². The van der Waals surface area contributed by atoms with Crippen LogP contribution in [0.25, 0.3) is 0 Å². The summed E-state index contributed by atoms with van der Waals surface area (Å²) >= 11 is 0. The Morgan fingerprint density at radius 1 is 1.35 bits per heavy atom. The largest absolute Gasteiger partial charge is 0.573 e. The molecular formula is C7H7ClF3N3O3. The monoisotopic (exact) mass is 273 g/mol. The second-order valence-corrected chi connectivity index (χ2v) is 2.66. The van der Waals surface area contributed by atoms with E-state index in [2.05, 4.69) is 4.74 Å². The molecule has 0 spiro atoms. The van der Waals surface area contributed by atoms with Crippen molar-refractivity contribution in [1.82, 2.24) is 0 Å². The Morgan fingerprint density at radius 2 is 1.94 bits per heavy atom. The van der Waals surface area contributed by atoms with E-state index in [4.69, 9.17) is 5.84 Å². The third kappa shape index (κ3) is 4.74. The van der Waals surface area contributed by atoms with Crippen LogP contribution in [-0.2, 0) is 0 Å². The smallest absolute Gasteiger partial charge is 0.405 e. The summed E-state index contributed by atoms with van der Waals surface area (Å²) in [6.45, 7) is 0. The van der Waals surface area contributed by atoms with Crippen molar-refractivity contribution in [3.8, 4) is 5.75 Å². The Balaban J connectivity index is 0.00000256. The molecule has 0 fully saturated rings. The number of hydrogen-bond acceptors (Lipinski definition) is 5. The number of rotatable bonds is 3. The zero-order valence-corrected chi connectivity index (χ0v) is 8.84. The first-order chi connectivity index (χ1) is 7.31. The maximum Gasteiger partial charge on any atom is 0.573 e. The molecule has 0 aliphatic rings. The molecule has 0 aliphatic carbocycles. The van der Waals surface area contributed by atoms with Gasteiger partial charge in [-0.15, -0.1) is 25.6 Å². The Kier molecular flexibility index (Phi) is 4.98. The van der Waals surface area contributed by atoms with Gasteiger partial charge < -0.3 is 10.2 Å². The molecule has 0 atom stereocenters. The van der Waals surface area contributed by atoms with Gasteiger partial charge in [0.15, 0.2) is 0 Å². The Hall–Kier alpha value is -1.74. The molecular weight excluding hydrogens is 267 g/mol. The Morgan fingerprint density at radius 3 is 2.35 bits per heavy atom. The van der Waals surface area contributed by atoms with Gasteiger partial charge in [-0.25, -0.2) is 0 Å². The summed E-state index contributed by atoms with van der Waals surface area (Å²) in [6, 6.07) is 2.51. The van der Waals surface area contributed by atoms with E-state index >= 15 is 0 Å². The Bertz CT molecular complexity index is 413. The summed E-state index contributed by atoms with van der Waals surface area (Å²) in [6.07, 6.45) is -4.92. The molecule has 0 amide bonds. The number of nitrogens with one attached hydrogen (secondary N) is 1. The number of anilines is 1. The van der Waals surface area contributed by atoms with Gasteiger partial charge in [0.25, 0.3) is 5.69 Å². The average Bonchev–Trinajstić information content (AvgIpc) is 2.14. The highest BCUT2D eigenvalue weighted by atomic mass is 35.5. The highest BCUT2D eigenvalue weighted by molar-refractivity contribution is 5.85. The molecule has 0 saturated heterocycles. The first kappa shape index (κ1) is 15.3. The summed E-state index contributed by atoms with van der Waals surface area (Å²) in [4.78, 5) is 9.53. The SMILES string of the molecule is Cl.NNc1cc(OC(F)(F)F)cc([N+](=O)[O-])c1. The minimum absolute atomic E-state index is 0. The fourth-order valence-corrected chi connectivity index (χ4v) is 0.965. The zero-order valence-electron chi connectivity index (χ0n) is 8.02. The predicted octanol–water partition coefficient (Wildman–Crippen LogP) is 2.20. The number of hydrogen-bond donors (Lipinski definition) is 2. The first-order valence-electron chi connectivity index (χ1n) is 3.83. The summed E-state index contributed by atoms with van der Waals surface area (Å²) < 4.78 is 39.1. The van der Waals surface area contributed by atoms with Crippen LogP contribution in [0.5, 0.6) is 5.75 Å². The lowest BCUT2D eigenvalue weighted by Crippen LogP contribution is -2.17. The second-order valence-electron chi connectivity index (χ2n) is 2.66. The van der Waals surface area contributed by atoms with Gasteiger partial charge in [-0.05, 0) is 0 Å². The minimum Gasteiger partial charge on any atom is -0.405 e. The number of halogens is 4. The van der Waals surface area contributed by atoms with E-state index in [0.29, 0.717) is 6.07 Å². The van der Waals surface area contributed by atoms with Crippen LogP contribution in [0.2, 0.25) is 0 Å². The van der Waals surface area contributed by atoms with Gasteiger partial charge in [0.05, 0.1) is 16.7 Å². The molecule has 1 rings (SSSR count). The van der Waals surface area contributed by atoms with Gasteiger partial charge in [-0.2, -0.15) is 0 Å². The molecule has 17 heavy (non-hydrogen) atoms. The third-order valence-electron chi connectivity index (χ3n) is 1.50. The zero-order chi connectivity index (χ0) is 12.3. The normalized spacial score (nSPS) is 10.4. The molecule has 0 aliphatic heterocycles. The molecule has 10 heteroatoms. The highest BCUT2D eigenvalue weighted by Gasteiger charge is 2.31. The minimum atomic E-state index is -4.92. The topological polar surface area (TPSA) is 90.4 Å². The van der Waals surface area contributed by atoms with Crippen molar-refractivity contribution in [3.05, 3.63) is 28.3 Å². The molecule has 0 radical (unpaired) electrons. The molecule has 1 aromatic carbocycles. The number of ether oxygens (including phenoxy) is 1. The summed E-state index contributed by atoms with van der Waals surface area (Å²) in [5.74, 6) is 4.23. The number of hydrazine groups is 1. The van der Waals surface area contributed by atoms with Crippen molar-refractivity contribution in [3.63, 3.8) is 0 Å². The summed E-state index contributed by atoms with van der Waals surface area (Å²) in [5, 5.41) is 10.4. The van der Waals surface area contributed by atoms with Crippen LogP contribution in [0.1, 0.15) is 0 Å². The van der Waals surface area contributed by atoms with Crippen LogP contribution < -0.4 is 16.0 Å². The standard InChI is InChI=1S/C7H6F3N3O3.ClH/c8-7(9,10)16-6-2-4(12-11)1-5(3-6)13(14)15;/h1-3,12H,11H2;1H. The fraction of sp³-hybridized carbons (Fsp3) is 0.143. The van der Waals surface area contributed by atoms with E-state index in [1.807, 2.05) is 5.43 Å². The third-order valence-corrected chi connectivity index (χ3v) is 1.50. The number of alkyl halides is 3. The number of benzene rings is 1. The van der Waals surface area contributed by atoms with E-state index in [-0.39, 0.29) is 18.1 Å². The average molecular weight is 274 g/mol. The molecule has 0 unspecified atom stereocenters.